The van der Waals surface area contributed by atoms with Crippen LogP contribution in [0.2, 0.25) is 0 Å². The number of hydrogen-bond acceptors (Lipinski definition) is 4. The van der Waals surface area contributed by atoms with Crippen molar-refractivity contribution >= 4 is 11.7 Å². The highest BCUT2D eigenvalue weighted by Gasteiger charge is 2.20. The van der Waals surface area contributed by atoms with Crippen molar-refractivity contribution in [1.82, 2.24) is 10.3 Å². The Kier molecular flexibility index (Phi) is 3.86. The molecule has 1 aromatic heterocycles. The third kappa shape index (κ3) is 3.42. The zero-order valence-electron chi connectivity index (χ0n) is 11.3. The molecule has 1 atom stereocenters. The highest BCUT2D eigenvalue weighted by atomic mass is 16.6. The van der Waals surface area contributed by atoms with E-state index in [0.717, 1.165) is 5.75 Å². The van der Waals surface area contributed by atoms with Crippen LogP contribution in [-0.4, -0.2) is 30.3 Å². The largest absolute Gasteiger partial charge is 0.486 e. The van der Waals surface area contributed by atoms with Gasteiger partial charge in [-0.2, -0.15) is 0 Å². The van der Waals surface area contributed by atoms with Crippen LogP contribution in [0, 0.1) is 0 Å². The summed E-state index contributed by atoms with van der Waals surface area (Å²) in [6, 6.07) is 10.7. The fourth-order valence-corrected chi connectivity index (χ4v) is 1.98. The van der Waals surface area contributed by atoms with E-state index in [0.29, 0.717) is 24.6 Å². The van der Waals surface area contributed by atoms with Crippen LogP contribution in [0.3, 0.4) is 0 Å². The molecule has 0 unspecified atom stereocenters. The third-order valence-electron chi connectivity index (χ3n) is 2.98. The van der Waals surface area contributed by atoms with Gasteiger partial charge in [0.2, 0.25) is 0 Å². The summed E-state index contributed by atoms with van der Waals surface area (Å²) in [5.41, 5.74) is 0.640. The quantitative estimate of drug-likeness (QED) is 0.905. The summed E-state index contributed by atoms with van der Waals surface area (Å²) >= 11 is 0. The Morgan fingerprint density at radius 1 is 1.24 bits per heavy atom. The summed E-state index contributed by atoms with van der Waals surface area (Å²) < 4.78 is 11.3. The van der Waals surface area contributed by atoms with Crippen molar-refractivity contribution < 1.29 is 14.3 Å². The Balaban J connectivity index is 1.49. The van der Waals surface area contributed by atoms with E-state index in [1.807, 2.05) is 24.3 Å². The van der Waals surface area contributed by atoms with Gasteiger partial charge >= 0.3 is 6.03 Å². The Morgan fingerprint density at radius 3 is 2.90 bits per heavy atom. The molecule has 3 rings (SSSR count). The van der Waals surface area contributed by atoms with Crippen LogP contribution >= 0.6 is 0 Å². The van der Waals surface area contributed by atoms with Crippen molar-refractivity contribution in [3.05, 3.63) is 48.8 Å². The second kappa shape index (κ2) is 6.13. The highest BCUT2D eigenvalue weighted by molar-refractivity contribution is 5.88. The van der Waals surface area contributed by atoms with Crippen LogP contribution in [0.15, 0.2) is 48.8 Å². The molecule has 0 fully saturated rings. The number of aromatic nitrogens is 1. The number of fused-ring (bicyclic) bond motifs is 1. The topological polar surface area (TPSA) is 72.5 Å². The van der Waals surface area contributed by atoms with Crippen molar-refractivity contribution in [3.8, 4) is 11.5 Å². The molecule has 1 aliphatic heterocycles. The molecule has 2 heterocycles. The van der Waals surface area contributed by atoms with E-state index in [1.54, 1.807) is 24.5 Å². The van der Waals surface area contributed by atoms with Crippen LogP contribution in [0.5, 0.6) is 11.5 Å². The first-order valence-electron chi connectivity index (χ1n) is 6.64. The van der Waals surface area contributed by atoms with Gasteiger partial charge in [0.05, 0.1) is 18.4 Å². The Morgan fingerprint density at radius 2 is 2.10 bits per heavy atom. The number of hydrogen-bond donors (Lipinski definition) is 2. The molecule has 0 saturated heterocycles. The van der Waals surface area contributed by atoms with E-state index < -0.39 is 0 Å². The van der Waals surface area contributed by atoms with E-state index in [-0.39, 0.29) is 12.1 Å². The van der Waals surface area contributed by atoms with Gasteiger partial charge in [-0.15, -0.1) is 0 Å². The molecule has 1 aliphatic rings. The zero-order chi connectivity index (χ0) is 14.5. The molecule has 108 valence electrons. The van der Waals surface area contributed by atoms with E-state index in [9.17, 15) is 4.79 Å². The van der Waals surface area contributed by atoms with Gasteiger partial charge in [0, 0.05) is 6.20 Å². The van der Waals surface area contributed by atoms with Gasteiger partial charge in [-0.05, 0) is 24.3 Å². The Labute approximate surface area is 122 Å². The van der Waals surface area contributed by atoms with Gasteiger partial charge in [-0.1, -0.05) is 12.1 Å². The molecule has 0 bridgehead atoms. The van der Waals surface area contributed by atoms with Gasteiger partial charge in [0.1, 0.15) is 6.61 Å². The molecule has 1 aromatic carbocycles. The molecule has 2 amide bonds. The monoisotopic (exact) mass is 285 g/mol. The van der Waals surface area contributed by atoms with Gasteiger partial charge in [-0.3, -0.25) is 4.98 Å². The van der Waals surface area contributed by atoms with Crippen molar-refractivity contribution in [1.29, 1.82) is 0 Å². The lowest BCUT2D eigenvalue weighted by molar-refractivity contribution is 0.0922. The molecular weight excluding hydrogens is 270 g/mol. The minimum absolute atomic E-state index is 0.209. The number of rotatable bonds is 3. The summed E-state index contributed by atoms with van der Waals surface area (Å²) in [4.78, 5) is 15.7. The number of ether oxygens (including phenoxy) is 2. The number of anilines is 1. The summed E-state index contributed by atoms with van der Waals surface area (Å²) in [5, 5.41) is 5.44. The number of carbonyl (C=O) groups excluding carboxylic acids is 1. The number of carbonyl (C=O) groups is 1. The molecule has 21 heavy (non-hydrogen) atoms. The maximum Gasteiger partial charge on any atom is 0.319 e. The van der Waals surface area contributed by atoms with Gasteiger partial charge in [-0.25, -0.2) is 4.79 Å². The van der Waals surface area contributed by atoms with E-state index in [2.05, 4.69) is 15.6 Å². The van der Waals surface area contributed by atoms with Gasteiger partial charge in [0.15, 0.2) is 17.6 Å². The summed E-state index contributed by atoms with van der Waals surface area (Å²) in [6.07, 6.45) is 3.02. The van der Waals surface area contributed by atoms with E-state index in [4.69, 9.17) is 9.47 Å². The maximum atomic E-state index is 11.8. The molecule has 0 aliphatic carbocycles. The minimum Gasteiger partial charge on any atom is -0.486 e. The average molecular weight is 285 g/mol. The standard InChI is InChI=1S/C15H15N3O3/c19-15(18-11-4-3-7-16-8-11)17-9-12-10-20-13-5-1-2-6-14(13)21-12/h1-8,12H,9-10H2,(H2,17,18,19)/t12-/m0/s1. The average Bonchev–Trinajstić information content (AvgIpc) is 2.54. The lowest BCUT2D eigenvalue weighted by Gasteiger charge is -2.26. The highest BCUT2D eigenvalue weighted by Crippen LogP contribution is 2.30. The molecule has 2 N–H and O–H groups in total. The lowest BCUT2D eigenvalue weighted by atomic mass is 10.2. The molecule has 0 saturated carbocycles. The predicted octanol–water partition coefficient (Wildman–Crippen LogP) is 2.04. The number of nitrogens with one attached hydrogen (secondary N) is 2. The van der Waals surface area contributed by atoms with Crippen LogP contribution in [-0.2, 0) is 0 Å². The van der Waals surface area contributed by atoms with Gasteiger partial charge in [0.25, 0.3) is 0 Å². The fourth-order valence-electron chi connectivity index (χ4n) is 1.98. The van der Waals surface area contributed by atoms with E-state index >= 15 is 0 Å². The fraction of sp³-hybridized carbons (Fsp3) is 0.200. The summed E-state index contributed by atoms with van der Waals surface area (Å²) in [5.74, 6) is 1.43. The smallest absolute Gasteiger partial charge is 0.319 e. The van der Waals surface area contributed by atoms with Crippen molar-refractivity contribution in [2.75, 3.05) is 18.5 Å². The number of urea groups is 1. The Bertz CT molecular complexity index is 619. The number of para-hydroxylation sites is 2. The zero-order valence-corrected chi connectivity index (χ0v) is 11.3. The van der Waals surface area contributed by atoms with Crippen LogP contribution in [0.1, 0.15) is 0 Å². The number of amides is 2. The van der Waals surface area contributed by atoms with Crippen LogP contribution in [0.25, 0.3) is 0 Å². The van der Waals surface area contributed by atoms with Crippen molar-refractivity contribution in [2.24, 2.45) is 0 Å². The summed E-state index contributed by atoms with van der Waals surface area (Å²) in [7, 11) is 0. The molecule has 0 radical (unpaired) electrons. The second-order valence-electron chi connectivity index (χ2n) is 4.57. The number of nitrogens with zero attached hydrogens (tertiary/aromatic N) is 1. The third-order valence-corrected chi connectivity index (χ3v) is 2.98. The molecule has 0 spiro atoms. The number of pyridine rings is 1. The molecule has 6 nitrogen and oxygen atoms in total. The van der Waals surface area contributed by atoms with Crippen LogP contribution < -0.4 is 20.1 Å². The normalized spacial score (nSPS) is 16.1. The van der Waals surface area contributed by atoms with Gasteiger partial charge < -0.3 is 20.1 Å². The van der Waals surface area contributed by atoms with E-state index in [1.165, 1.54) is 0 Å². The Hall–Kier alpha value is -2.76. The van der Waals surface area contributed by atoms with Crippen molar-refractivity contribution in [3.63, 3.8) is 0 Å². The minimum atomic E-state index is -0.301. The van der Waals surface area contributed by atoms with Crippen molar-refractivity contribution in [2.45, 2.75) is 6.10 Å². The van der Waals surface area contributed by atoms with Crippen LogP contribution in [0.4, 0.5) is 10.5 Å². The predicted molar refractivity (Wildman–Crippen MR) is 77.6 cm³/mol. The SMILES string of the molecule is O=C(NC[C@H]1COc2ccccc2O1)Nc1cccnc1. The summed E-state index contributed by atoms with van der Waals surface area (Å²) in [6.45, 7) is 0.768. The molecular formula is C15H15N3O3. The first kappa shape index (κ1) is 13.2. The first-order chi connectivity index (χ1) is 10.3. The molecule has 6 heteroatoms. The lowest BCUT2D eigenvalue weighted by Crippen LogP contribution is -2.42. The molecule has 2 aromatic rings. The first-order valence-corrected chi connectivity index (χ1v) is 6.64. The maximum absolute atomic E-state index is 11.8. The number of benzene rings is 1. The second-order valence-corrected chi connectivity index (χ2v) is 4.57.